The topological polar surface area (TPSA) is 213 Å². The number of hydrogen-bond acceptors (Lipinski definition) is 13. The second-order valence-electron chi connectivity index (χ2n) is 7.69. The molecule has 0 saturated heterocycles. The second-order valence-corrected chi connectivity index (χ2v) is 7.69. The number of phenolic OH excluding ortho intramolecular Hbond substituents is 2. The predicted octanol–water partition coefficient (Wildman–Crippen LogP) is 4.34. The summed E-state index contributed by atoms with van der Waals surface area (Å²) in [5.74, 6) is 0.0937. The second kappa shape index (κ2) is 11.7. The van der Waals surface area contributed by atoms with Gasteiger partial charge >= 0.3 is 0 Å². The normalized spacial score (nSPS) is 11.0. The number of nitro groups is 2. The summed E-state index contributed by atoms with van der Waals surface area (Å²) in [6.07, 6.45) is 2.28. The lowest BCUT2D eigenvalue weighted by Gasteiger charge is -2.09. The van der Waals surface area contributed by atoms with Gasteiger partial charge in [0, 0.05) is 23.9 Å². The molecule has 0 aliphatic heterocycles. The lowest BCUT2D eigenvalue weighted by atomic mass is 10.2. The van der Waals surface area contributed by atoms with Crippen molar-refractivity contribution in [3.63, 3.8) is 0 Å². The highest BCUT2D eigenvalue weighted by Crippen LogP contribution is 2.24. The Morgan fingerprint density at radius 3 is 1.82 bits per heavy atom. The number of nitro benzene ring substituents is 2. The number of rotatable bonds is 10. The van der Waals surface area contributed by atoms with Gasteiger partial charge in [-0.05, 0) is 36.4 Å². The third-order valence-corrected chi connectivity index (χ3v) is 4.94. The highest BCUT2D eigenvalue weighted by Gasteiger charge is 2.14. The van der Waals surface area contributed by atoms with E-state index in [0.717, 1.165) is 24.6 Å². The maximum absolute atomic E-state index is 11.2. The number of hydrazone groups is 2. The van der Waals surface area contributed by atoms with Crippen LogP contribution in [-0.4, -0.2) is 42.5 Å². The zero-order valence-electron chi connectivity index (χ0n) is 19.8. The highest BCUT2D eigenvalue weighted by molar-refractivity contribution is 5.87. The van der Waals surface area contributed by atoms with Crippen molar-refractivity contribution in [2.45, 2.75) is 0 Å². The molecule has 4 aromatic rings. The predicted molar refractivity (Wildman–Crippen MR) is 144 cm³/mol. The van der Waals surface area contributed by atoms with Crippen LogP contribution in [0.15, 0.2) is 83.0 Å². The minimum absolute atomic E-state index is 0.0315. The fourth-order valence-corrected chi connectivity index (χ4v) is 3.24. The lowest BCUT2D eigenvalue weighted by Crippen LogP contribution is -2.04. The summed E-state index contributed by atoms with van der Waals surface area (Å²) >= 11 is 0. The molecule has 0 bridgehead atoms. The van der Waals surface area contributed by atoms with Crippen molar-refractivity contribution in [1.29, 1.82) is 0 Å². The van der Waals surface area contributed by atoms with Crippen LogP contribution in [0.25, 0.3) is 0 Å². The first-order valence-electron chi connectivity index (χ1n) is 11.0. The van der Waals surface area contributed by atoms with E-state index in [2.05, 4.69) is 36.3 Å². The van der Waals surface area contributed by atoms with E-state index in [4.69, 9.17) is 0 Å². The molecule has 3 aromatic carbocycles. The SMILES string of the molecule is O=[N+]([O-])c1ccc(O)cc1C=NNc1cc(Nc2ccccc2)nc(NN=Cc2cc(O)ccc2[N+](=O)[O-])n1. The highest BCUT2D eigenvalue weighted by atomic mass is 16.6. The Labute approximate surface area is 219 Å². The molecule has 4 rings (SSSR count). The molecule has 15 heteroatoms. The van der Waals surface area contributed by atoms with E-state index in [1.54, 1.807) is 12.1 Å². The van der Waals surface area contributed by atoms with Crippen molar-refractivity contribution in [3.8, 4) is 11.5 Å². The van der Waals surface area contributed by atoms with Gasteiger partial charge in [0.2, 0.25) is 5.95 Å². The number of nitrogens with zero attached hydrogens (tertiary/aromatic N) is 6. The molecular formula is C24H19N9O6. The Morgan fingerprint density at radius 2 is 1.26 bits per heavy atom. The summed E-state index contributed by atoms with van der Waals surface area (Å²) in [4.78, 5) is 29.8. The first kappa shape index (κ1) is 26.0. The first-order valence-corrected chi connectivity index (χ1v) is 11.0. The van der Waals surface area contributed by atoms with E-state index in [-0.39, 0.29) is 45.8 Å². The van der Waals surface area contributed by atoms with E-state index >= 15 is 0 Å². The number of benzene rings is 3. The minimum Gasteiger partial charge on any atom is -0.508 e. The summed E-state index contributed by atoms with van der Waals surface area (Å²) in [6.45, 7) is 0. The zero-order chi connectivity index (χ0) is 27.8. The molecule has 0 atom stereocenters. The average Bonchev–Trinajstić information content (AvgIpc) is 2.89. The van der Waals surface area contributed by atoms with Crippen molar-refractivity contribution in [1.82, 2.24) is 9.97 Å². The molecule has 0 amide bonds. The Bertz CT molecular complexity index is 1480. The summed E-state index contributed by atoms with van der Waals surface area (Å²) in [5.41, 5.74) is 5.50. The van der Waals surface area contributed by atoms with Gasteiger partial charge in [-0.25, -0.2) is 5.43 Å². The molecule has 0 radical (unpaired) electrons. The van der Waals surface area contributed by atoms with Crippen molar-refractivity contribution in [2.75, 3.05) is 16.2 Å². The Kier molecular flexibility index (Phi) is 7.82. The van der Waals surface area contributed by atoms with Gasteiger partial charge in [-0.2, -0.15) is 20.2 Å². The minimum atomic E-state index is -0.613. The molecule has 1 heterocycles. The van der Waals surface area contributed by atoms with Crippen molar-refractivity contribution in [3.05, 3.63) is 104 Å². The maximum atomic E-state index is 11.2. The standard InChI is InChI=1S/C24H19N9O6/c34-18-6-8-20(32(36)37)15(10-18)13-25-30-23-12-22(27-17-4-2-1-3-5-17)28-24(29-23)31-26-14-16-11-19(35)7-9-21(16)33(38)39/h1-14,34-35H,(H3,27,28,29,30,31). The van der Waals surface area contributed by atoms with Gasteiger partial charge in [-0.3, -0.25) is 25.7 Å². The third kappa shape index (κ3) is 6.98. The lowest BCUT2D eigenvalue weighted by molar-refractivity contribution is -0.385. The molecule has 0 fully saturated rings. The number of nitrogens with one attached hydrogen (secondary N) is 3. The van der Waals surface area contributed by atoms with Crippen LogP contribution in [0.1, 0.15) is 11.1 Å². The third-order valence-electron chi connectivity index (χ3n) is 4.94. The largest absolute Gasteiger partial charge is 0.508 e. The zero-order valence-corrected chi connectivity index (χ0v) is 19.8. The van der Waals surface area contributed by atoms with Crippen LogP contribution in [0.3, 0.4) is 0 Å². The van der Waals surface area contributed by atoms with Crippen LogP contribution in [0.5, 0.6) is 11.5 Å². The number of hydrogen-bond donors (Lipinski definition) is 5. The molecule has 196 valence electrons. The summed E-state index contributed by atoms with van der Waals surface area (Å²) in [5, 5.41) is 52.8. The van der Waals surface area contributed by atoms with Crippen molar-refractivity contribution in [2.24, 2.45) is 10.2 Å². The van der Waals surface area contributed by atoms with Gasteiger partial charge in [0.05, 0.1) is 33.4 Å². The molecule has 0 aliphatic rings. The van der Waals surface area contributed by atoms with Gasteiger partial charge in [0.1, 0.15) is 17.3 Å². The molecule has 0 unspecified atom stereocenters. The van der Waals surface area contributed by atoms with Crippen LogP contribution in [0.4, 0.5) is 34.6 Å². The number of phenols is 2. The fourth-order valence-electron chi connectivity index (χ4n) is 3.24. The average molecular weight is 529 g/mol. The molecule has 0 saturated carbocycles. The Morgan fingerprint density at radius 1 is 0.718 bits per heavy atom. The monoisotopic (exact) mass is 529 g/mol. The number of para-hydroxylation sites is 1. The maximum Gasteiger partial charge on any atom is 0.278 e. The summed E-state index contributed by atoms with van der Waals surface area (Å²) in [6, 6.07) is 17.7. The number of aromatic hydroxyl groups is 2. The van der Waals surface area contributed by atoms with Crippen molar-refractivity contribution >= 4 is 47.1 Å². The van der Waals surface area contributed by atoms with Gasteiger partial charge in [0.25, 0.3) is 11.4 Å². The summed E-state index contributed by atoms with van der Waals surface area (Å²) < 4.78 is 0. The molecule has 39 heavy (non-hydrogen) atoms. The van der Waals surface area contributed by atoms with E-state index in [9.17, 15) is 30.4 Å². The smallest absolute Gasteiger partial charge is 0.278 e. The Balaban J connectivity index is 1.60. The van der Waals surface area contributed by atoms with Gasteiger partial charge in [-0.1, -0.05) is 18.2 Å². The van der Waals surface area contributed by atoms with Gasteiger partial charge < -0.3 is 15.5 Å². The van der Waals surface area contributed by atoms with Gasteiger partial charge in [0.15, 0.2) is 5.82 Å². The quantitative estimate of drug-likeness (QED) is 0.111. The molecule has 0 spiro atoms. The van der Waals surface area contributed by atoms with E-state index in [1.165, 1.54) is 30.3 Å². The molecule has 15 nitrogen and oxygen atoms in total. The van der Waals surface area contributed by atoms with Crippen LogP contribution < -0.4 is 16.2 Å². The summed E-state index contributed by atoms with van der Waals surface area (Å²) in [7, 11) is 0. The number of aromatic nitrogens is 2. The van der Waals surface area contributed by atoms with Crippen molar-refractivity contribution < 1.29 is 20.1 Å². The van der Waals surface area contributed by atoms with E-state index in [1.807, 2.05) is 18.2 Å². The van der Waals surface area contributed by atoms with Crippen LogP contribution in [0.2, 0.25) is 0 Å². The Hall–Kier alpha value is -6.12. The molecule has 0 aliphatic carbocycles. The molecule has 1 aromatic heterocycles. The first-order chi connectivity index (χ1) is 18.8. The molecule has 5 N–H and O–H groups in total. The fraction of sp³-hybridized carbons (Fsp3) is 0. The molecular weight excluding hydrogens is 510 g/mol. The van der Waals surface area contributed by atoms with Crippen LogP contribution in [-0.2, 0) is 0 Å². The van der Waals surface area contributed by atoms with E-state index < -0.39 is 9.85 Å². The van der Waals surface area contributed by atoms with Crippen LogP contribution >= 0.6 is 0 Å². The number of anilines is 4. The van der Waals surface area contributed by atoms with Gasteiger partial charge in [-0.15, -0.1) is 0 Å². The van der Waals surface area contributed by atoms with Crippen LogP contribution in [0, 0.1) is 20.2 Å². The van der Waals surface area contributed by atoms with E-state index in [0.29, 0.717) is 11.5 Å².